The van der Waals surface area contributed by atoms with Crippen molar-refractivity contribution in [1.29, 1.82) is 0 Å². The normalized spacial score (nSPS) is 27.0. The molecule has 2 heteroatoms. The number of nitrogens with one attached hydrogen (secondary N) is 1. The van der Waals surface area contributed by atoms with Crippen LogP contribution in [-0.4, -0.2) is 35.6 Å². The largest absolute Gasteiger partial charge is 0.311 e. The molecule has 0 aliphatic carbocycles. The summed E-state index contributed by atoms with van der Waals surface area (Å²) in [6, 6.07) is 1.27. The van der Waals surface area contributed by atoms with Crippen molar-refractivity contribution in [3.05, 3.63) is 0 Å². The van der Waals surface area contributed by atoms with E-state index < -0.39 is 0 Å². The summed E-state index contributed by atoms with van der Waals surface area (Å²) in [5.74, 6) is 0.714. The van der Waals surface area contributed by atoms with Crippen LogP contribution in [-0.2, 0) is 0 Å². The third-order valence-electron chi connectivity index (χ3n) is 5.38. The van der Waals surface area contributed by atoms with Crippen LogP contribution in [0, 0.1) is 11.3 Å². The van der Waals surface area contributed by atoms with Gasteiger partial charge in [-0.05, 0) is 31.1 Å². The fraction of sp³-hybridized carbons (Fsp3) is 1.00. The first-order chi connectivity index (χ1) is 8.65. The van der Waals surface area contributed by atoms with E-state index in [1.165, 1.54) is 19.4 Å². The van der Waals surface area contributed by atoms with Crippen LogP contribution in [0.2, 0.25) is 0 Å². The first-order valence-electron chi connectivity index (χ1n) is 8.15. The van der Waals surface area contributed by atoms with Gasteiger partial charge in [-0.3, -0.25) is 4.90 Å². The molecule has 1 N–H and O–H groups in total. The van der Waals surface area contributed by atoms with Crippen LogP contribution >= 0.6 is 0 Å². The Morgan fingerprint density at radius 2 is 1.63 bits per heavy atom. The molecular formula is C17H36N2. The summed E-state index contributed by atoms with van der Waals surface area (Å²) in [5, 5.41) is 3.80. The summed E-state index contributed by atoms with van der Waals surface area (Å²) in [6.07, 6.45) is 2.48. The van der Waals surface area contributed by atoms with E-state index in [0.29, 0.717) is 29.0 Å². The van der Waals surface area contributed by atoms with E-state index in [4.69, 9.17) is 0 Å². The minimum atomic E-state index is 0.336. The van der Waals surface area contributed by atoms with Crippen molar-refractivity contribution in [3.8, 4) is 0 Å². The molecule has 1 saturated heterocycles. The third kappa shape index (κ3) is 3.72. The molecule has 0 aromatic rings. The summed E-state index contributed by atoms with van der Waals surface area (Å²) in [5.41, 5.74) is 0.684. The zero-order valence-electron chi connectivity index (χ0n) is 14.5. The average molecular weight is 268 g/mol. The summed E-state index contributed by atoms with van der Waals surface area (Å²) < 4.78 is 0. The molecule has 1 fully saturated rings. The lowest BCUT2D eigenvalue weighted by atomic mass is 9.80. The molecule has 0 aromatic carbocycles. The zero-order valence-corrected chi connectivity index (χ0v) is 14.5. The van der Waals surface area contributed by atoms with Crippen molar-refractivity contribution in [2.45, 2.75) is 85.9 Å². The van der Waals surface area contributed by atoms with Gasteiger partial charge in [-0.15, -0.1) is 0 Å². The molecule has 1 rings (SSSR count). The first kappa shape index (κ1) is 17.0. The molecule has 2 atom stereocenters. The second-order valence-corrected chi connectivity index (χ2v) is 7.99. The van der Waals surface area contributed by atoms with Crippen LogP contribution in [0.3, 0.4) is 0 Å². The summed E-state index contributed by atoms with van der Waals surface area (Å²) in [7, 11) is 0. The highest BCUT2D eigenvalue weighted by atomic mass is 15.3. The van der Waals surface area contributed by atoms with Gasteiger partial charge >= 0.3 is 0 Å². The van der Waals surface area contributed by atoms with Gasteiger partial charge in [0.05, 0.1) is 0 Å². The van der Waals surface area contributed by atoms with Crippen molar-refractivity contribution in [2.75, 3.05) is 13.1 Å². The van der Waals surface area contributed by atoms with E-state index in [0.717, 1.165) is 6.54 Å². The number of nitrogens with zero attached hydrogens (tertiary/aromatic N) is 1. The molecule has 1 heterocycles. The van der Waals surface area contributed by atoms with Crippen molar-refractivity contribution in [3.63, 3.8) is 0 Å². The summed E-state index contributed by atoms with van der Waals surface area (Å²) in [6.45, 7) is 21.2. The third-order valence-corrected chi connectivity index (χ3v) is 5.38. The van der Waals surface area contributed by atoms with Crippen LogP contribution in [0.25, 0.3) is 0 Å². The van der Waals surface area contributed by atoms with Crippen LogP contribution in [0.5, 0.6) is 0 Å². The van der Waals surface area contributed by atoms with E-state index >= 15 is 0 Å². The molecule has 2 unspecified atom stereocenters. The topological polar surface area (TPSA) is 15.3 Å². The Balaban J connectivity index is 2.97. The Hall–Kier alpha value is -0.0800. The van der Waals surface area contributed by atoms with Gasteiger partial charge in [0.1, 0.15) is 0 Å². The predicted molar refractivity (Wildman–Crippen MR) is 85.6 cm³/mol. The minimum Gasteiger partial charge on any atom is -0.311 e. The minimum absolute atomic E-state index is 0.336. The maximum Gasteiger partial charge on any atom is 0.0249 e. The molecule has 2 nitrogen and oxygen atoms in total. The number of hydrogen-bond acceptors (Lipinski definition) is 2. The van der Waals surface area contributed by atoms with Crippen molar-refractivity contribution < 1.29 is 0 Å². The Labute approximate surface area is 121 Å². The maximum absolute atomic E-state index is 3.80. The Kier molecular flexibility index (Phi) is 5.48. The van der Waals surface area contributed by atoms with E-state index in [2.05, 4.69) is 65.6 Å². The van der Waals surface area contributed by atoms with Crippen molar-refractivity contribution in [1.82, 2.24) is 10.2 Å². The van der Waals surface area contributed by atoms with Gasteiger partial charge in [-0.2, -0.15) is 0 Å². The molecule has 19 heavy (non-hydrogen) atoms. The first-order valence-corrected chi connectivity index (χ1v) is 8.15. The lowest BCUT2D eigenvalue weighted by molar-refractivity contribution is -0.0216. The summed E-state index contributed by atoms with van der Waals surface area (Å²) in [4.78, 5) is 2.81. The van der Waals surface area contributed by atoms with Crippen molar-refractivity contribution >= 4 is 0 Å². The van der Waals surface area contributed by atoms with Gasteiger partial charge < -0.3 is 5.32 Å². The quantitative estimate of drug-likeness (QED) is 0.831. The molecular weight excluding hydrogens is 232 g/mol. The van der Waals surface area contributed by atoms with Crippen LogP contribution in [0.15, 0.2) is 0 Å². The number of piperazine rings is 1. The van der Waals surface area contributed by atoms with E-state index in [1.807, 2.05) is 0 Å². The molecule has 1 aliphatic heterocycles. The molecule has 0 aromatic heterocycles. The van der Waals surface area contributed by atoms with Gasteiger partial charge in [-0.1, -0.05) is 48.5 Å². The molecule has 114 valence electrons. The van der Waals surface area contributed by atoms with Gasteiger partial charge in [0.15, 0.2) is 0 Å². The Morgan fingerprint density at radius 3 is 2.00 bits per heavy atom. The van der Waals surface area contributed by atoms with Crippen LogP contribution in [0.1, 0.15) is 68.2 Å². The lowest BCUT2D eigenvalue weighted by Crippen LogP contribution is -2.66. The highest BCUT2D eigenvalue weighted by Gasteiger charge is 2.41. The standard InChI is InChI=1S/C17H36N2/c1-9-17(8,10-2)19-12-15(16(5,6)7)18-11-14(19)13(3)4/h13-15,18H,9-12H2,1-8H3. The number of rotatable bonds is 4. The Bertz CT molecular complexity index is 273. The van der Waals surface area contributed by atoms with Gasteiger partial charge in [0.2, 0.25) is 0 Å². The molecule has 0 spiro atoms. The van der Waals surface area contributed by atoms with E-state index in [-0.39, 0.29) is 0 Å². The maximum atomic E-state index is 3.80. The zero-order chi connectivity index (χ0) is 14.8. The van der Waals surface area contributed by atoms with Gasteiger partial charge in [0, 0.05) is 30.7 Å². The van der Waals surface area contributed by atoms with Crippen LogP contribution in [0.4, 0.5) is 0 Å². The SMILES string of the molecule is CCC(C)(CC)N1CC(C(C)(C)C)NCC1C(C)C. The fourth-order valence-electron chi connectivity index (χ4n) is 3.22. The molecule has 1 aliphatic rings. The van der Waals surface area contributed by atoms with Crippen molar-refractivity contribution in [2.24, 2.45) is 11.3 Å². The predicted octanol–water partition coefficient (Wildman–Crippen LogP) is 3.91. The van der Waals surface area contributed by atoms with E-state index in [1.54, 1.807) is 0 Å². The van der Waals surface area contributed by atoms with Gasteiger partial charge in [-0.25, -0.2) is 0 Å². The van der Waals surface area contributed by atoms with E-state index in [9.17, 15) is 0 Å². The van der Waals surface area contributed by atoms with Crippen LogP contribution < -0.4 is 5.32 Å². The highest BCUT2D eigenvalue weighted by Crippen LogP contribution is 2.33. The number of hydrogen-bond donors (Lipinski definition) is 1. The molecule has 0 saturated carbocycles. The second kappa shape index (κ2) is 6.13. The highest BCUT2D eigenvalue weighted by molar-refractivity contribution is 4.99. The smallest absolute Gasteiger partial charge is 0.0249 e. The second-order valence-electron chi connectivity index (χ2n) is 7.99. The fourth-order valence-corrected chi connectivity index (χ4v) is 3.22. The lowest BCUT2D eigenvalue weighted by Gasteiger charge is -2.53. The average Bonchev–Trinajstić information content (AvgIpc) is 2.36. The molecule has 0 amide bonds. The summed E-state index contributed by atoms with van der Waals surface area (Å²) >= 11 is 0. The molecule has 0 radical (unpaired) electrons. The van der Waals surface area contributed by atoms with Gasteiger partial charge in [0.25, 0.3) is 0 Å². The Morgan fingerprint density at radius 1 is 1.11 bits per heavy atom. The monoisotopic (exact) mass is 268 g/mol. The molecule has 0 bridgehead atoms.